The van der Waals surface area contributed by atoms with Gasteiger partial charge in [0.15, 0.2) is 0 Å². The summed E-state index contributed by atoms with van der Waals surface area (Å²) in [6, 6.07) is 3.84. The molecule has 0 saturated carbocycles. The zero-order valence-electron chi connectivity index (χ0n) is 7.20. The highest BCUT2D eigenvalue weighted by Crippen LogP contribution is 1.97. The summed E-state index contributed by atoms with van der Waals surface area (Å²) in [6.45, 7) is 3.57. The Hall–Kier alpha value is -1.58. The van der Waals surface area contributed by atoms with E-state index < -0.39 is 0 Å². The molecule has 3 N–H and O–H groups in total. The van der Waals surface area contributed by atoms with Crippen LogP contribution in [0.4, 0.5) is 0 Å². The molecule has 0 aliphatic carbocycles. The quantitative estimate of drug-likeness (QED) is 0.384. The maximum atomic E-state index is 5.33. The Kier molecular flexibility index (Phi) is 2.63. The zero-order valence-corrected chi connectivity index (χ0v) is 7.20. The predicted octanol–water partition coefficient (Wildman–Crippen LogP) is 1.12. The van der Waals surface area contributed by atoms with Gasteiger partial charge in [0.05, 0.1) is 11.4 Å². The van der Waals surface area contributed by atoms with Crippen LogP contribution in [0.15, 0.2) is 28.5 Å². The highest BCUT2D eigenvalue weighted by Gasteiger charge is 1.94. The number of nitrogens with zero attached hydrogens (tertiary/aromatic N) is 2. The third-order valence-electron chi connectivity index (χ3n) is 1.35. The Morgan fingerprint density at radius 1 is 1.42 bits per heavy atom. The topological polar surface area (TPSA) is 66.5 Å². The van der Waals surface area contributed by atoms with Gasteiger partial charge in [-0.05, 0) is 26.0 Å². The zero-order chi connectivity index (χ0) is 8.97. The molecule has 12 heavy (non-hydrogen) atoms. The number of aromatic nitrogens is 1. The Balaban J connectivity index is 2.78. The number of amidine groups is 1. The molecule has 0 aliphatic rings. The van der Waals surface area contributed by atoms with Crippen LogP contribution in [-0.4, -0.2) is 16.5 Å². The number of H-pyrrole nitrogens is 1. The van der Waals surface area contributed by atoms with Crippen molar-refractivity contribution < 1.29 is 0 Å². The number of hydrogen-bond donors (Lipinski definition) is 2. The molecule has 0 aliphatic heterocycles. The second kappa shape index (κ2) is 3.71. The minimum absolute atomic E-state index is 0.459. The molecule has 64 valence electrons. The lowest BCUT2D eigenvalue weighted by atomic mass is 10.3. The summed E-state index contributed by atoms with van der Waals surface area (Å²) in [5, 5.41) is 7.66. The summed E-state index contributed by atoms with van der Waals surface area (Å²) in [5.74, 6) is 0.459. The Labute approximate surface area is 71.2 Å². The summed E-state index contributed by atoms with van der Waals surface area (Å²) in [5.41, 5.74) is 7.11. The van der Waals surface area contributed by atoms with E-state index >= 15 is 0 Å². The van der Waals surface area contributed by atoms with E-state index in [9.17, 15) is 0 Å². The summed E-state index contributed by atoms with van der Waals surface area (Å²) < 4.78 is 0. The normalized spacial score (nSPS) is 13.5. The minimum Gasteiger partial charge on any atom is -0.386 e. The van der Waals surface area contributed by atoms with E-state index in [-0.39, 0.29) is 0 Å². The summed E-state index contributed by atoms with van der Waals surface area (Å²) in [4.78, 5) is 3.02. The van der Waals surface area contributed by atoms with E-state index in [0.29, 0.717) is 5.84 Å². The van der Waals surface area contributed by atoms with Crippen molar-refractivity contribution in [2.75, 3.05) is 0 Å². The highest BCUT2D eigenvalue weighted by atomic mass is 15.2. The smallest absolute Gasteiger partial charge is 0.119 e. The monoisotopic (exact) mass is 164 g/mol. The third-order valence-corrected chi connectivity index (χ3v) is 1.35. The van der Waals surface area contributed by atoms with Crippen LogP contribution >= 0.6 is 0 Å². The lowest BCUT2D eigenvalue weighted by molar-refractivity contribution is 1.19. The maximum absolute atomic E-state index is 5.33. The van der Waals surface area contributed by atoms with Gasteiger partial charge in [-0.1, -0.05) is 0 Å². The van der Waals surface area contributed by atoms with E-state index in [0.717, 1.165) is 11.4 Å². The molecule has 0 bridgehead atoms. The molecule has 0 atom stereocenters. The van der Waals surface area contributed by atoms with Gasteiger partial charge < -0.3 is 10.7 Å². The Morgan fingerprint density at radius 2 is 2.17 bits per heavy atom. The highest BCUT2D eigenvalue weighted by molar-refractivity contribution is 5.97. The van der Waals surface area contributed by atoms with Crippen LogP contribution in [0.3, 0.4) is 0 Å². The fourth-order valence-electron chi connectivity index (χ4n) is 0.763. The lowest BCUT2D eigenvalue weighted by Crippen LogP contribution is -2.04. The summed E-state index contributed by atoms with van der Waals surface area (Å²) in [7, 11) is 0. The lowest BCUT2D eigenvalue weighted by Gasteiger charge is -1.92. The average Bonchev–Trinajstić information content (AvgIpc) is 2.51. The van der Waals surface area contributed by atoms with Crippen molar-refractivity contribution in [2.24, 2.45) is 15.9 Å². The first-order valence-electron chi connectivity index (χ1n) is 3.68. The van der Waals surface area contributed by atoms with E-state index in [1.807, 2.05) is 25.3 Å². The van der Waals surface area contributed by atoms with Crippen molar-refractivity contribution in [3.63, 3.8) is 0 Å². The molecule has 0 aromatic carbocycles. The van der Waals surface area contributed by atoms with E-state index in [2.05, 4.69) is 15.2 Å². The number of aromatic amines is 1. The summed E-state index contributed by atoms with van der Waals surface area (Å²) in [6.07, 6.45) is 1.84. The first-order valence-corrected chi connectivity index (χ1v) is 3.68. The van der Waals surface area contributed by atoms with Crippen LogP contribution in [0.1, 0.15) is 19.5 Å². The van der Waals surface area contributed by atoms with Gasteiger partial charge in [0.25, 0.3) is 0 Å². The molecule has 1 heterocycles. The van der Waals surface area contributed by atoms with Crippen LogP contribution in [0.2, 0.25) is 0 Å². The molecule has 0 fully saturated rings. The fourth-order valence-corrected chi connectivity index (χ4v) is 0.763. The van der Waals surface area contributed by atoms with Crippen LogP contribution in [-0.2, 0) is 0 Å². The molecule has 4 heteroatoms. The molecule has 1 rings (SSSR count). The van der Waals surface area contributed by atoms with Crippen molar-refractivity contribution >= 4 is 11.5 Å². The van der Waals surface area contributed by atoms with Gasteiger partial charge in [-0.2, -0.15) is 5.10 Å². The molecular formula is C8H12N4. The molecule has 0 radical (unpaired) electrons. The van der Waals surface area contributed by atoms with Crippen LogP contribution in [0, 0.1) is 0 Å². The fraction of sp³-hybridized carbons (Fsp3) is 0.250. The van der Waals surface area contributed by atoms with E-state index in [4.69, 9.17) is 5.73 Å². The maximum Gasteiger partial charge on any atom is 0.119 e. The molecule has 4 nitrogen and oxygen atoms in total. The molecule has 0 saturated heterocycles. The van der Waals surface area contributed by atoms with Crippen LogP contribution in [0.5, 0.6) is 0 Å². The van der Waals surface area contributed by atoms with Crippen molar-refractivity contribution in [3.05, 3.63) is 24.0 Å². The van der Waals surface area contributed by atoms with Crippen molar-refractivity contribution in [3.8, 4) is 0 Å². The third kappa shape index (κ3) is 2.23. The second-order valence-corrected chi connectivity index (χ2v) is 2.51. The van der Waals surface area contributed by atoms with Gasteiger partial charge in [0, 0.05) is 6.20 Å². The predicted molar refractivity (Wildman–Crippen MR) is 50.3 cm³/mol. The summed E-state index contributed by atoms with van der Waals surface area (Å²) >= 11 is 0. The molecule has 0 unspecified atom stereocenters. The van der Waals surface area contributed by atoms with Gasteiger partial charge >= 0.3 is 0 Å². The van der Waals surface area contributed by atoms with Crippen LogP contribution < -0.4 is 5.73 Å². The second-order valence-electron chi connectivity index (χ2n) is 2.51. The molecule has 0 amide bonds. The first kappa shape index (κ1) is 8.52. The van der Waals surface area contributed by atoms with Gasteiger partial charge in [-0.15, -0.1) is 5.10 Å². The van der Waals surface area contributed by atoms with Gasteiger partial charge in [-0.3, -0.25) is 0 Å². The number of nitrogens with two attached hydrogens (primary N) is 1. The largest absolute Gasteiger partial charge is 0.386 e. The number of hydrogen-bond acceptors (Lipinski definition) is 2. The van der Waals surface area contributed by atoms with Gasteiger partial charge in [0.1, 0.15) is 5.84 Å². The van der Waals surface area contributed by atoms with Crippen molar-refractivity contribution in [2.45, 2.75) is 13.8 Å². The number of rotatable bonds is 2. The Morgan fingerprint density at radius 3 is 2.67 bits per heavy atom. The van der Waals surface area contributed by atoms with Crippen molar-refractivity contribution in [1.82, 2.24) is 4.98 Å². The average molecular weight is 164 g/mol. The molecule has 1 aromatic rings. The SMILES string of the molecule is C/C(N)=N/N=C(\C)c1ccc[nH]1. The Bertz CT molecular complexity index is 291. The van der Waals surface area contributed by atoms with Gasteiger partial charge in [-0.25, -0.2) is 0 Å². The van der Waals surface area contributed by atoms with Crippen molar-refractivity contribution in [1.29, 1.82) is 0 Å². The molecule has 0 spiro atoms. The minimum atomic E-state index is 0.459. The molecule has 1 aromatic heterocycles. The first-order chi connectivity index (χ1) is 5.70. The molecular weight excluding hydrogens is 152 g/mol. The van der Waals surface area contributed by atoms with Crippen LogP contribution in [0.25, 0.3) is 0 Å². The standard InChI is InChI=1S/C8H12N4/c1-6(11-12-7(2)9)8-4-3-5-10-8/h3-5,10H,1-2H3,(H2,9,12)/b11-6+. The van der Waals surface area contributed by atoms with Gasteiger partial charge in [0.2, 0.25) is 0 Å². The van der Waals surface area contributed by atoms with E-state index in [1.165, 1.54) is 0 Å². The number of nitrogens with one attached hydrogen (secondary N) is 1. The van der Waals surface area contributed by atoms with E-state index in [1.54, 1.807) is 6.92 Å².